The molecule has 3 fully saturated rings. The zero-order valence-electron chi connectivity index (χ0n) is 13.6. The van der Waals surface area contributed by atoms with Crippen molar-refractivity contribution in [3.8, 4) is 0 Å². The Kier molecular flexibility index (Phi) is 4.23. The fourth-order valence-corrected chi connectivity index (χ4v) is 5.05. The predicted molar refractivity (Wildman–Crippen MR) is 93.8 cm³/mol. The van der Waals surface area contributed by atoms with Gasteiger partial charge in [-0.05, 0) is 55.2 Å². The van der Waals surface area contributed by atoms with E-state index in [-0.39, 0.29) is 0 Å². The number of fused-ring (bicyclic) bond motifs is 2. The lowest BCUT2D eigenvalue weighted by Gasteiger charge is -2.37. The third kappa shape index (κ3) is 3.21. The molecule has 124 valence electrons. The smallest absolute Gasteiger partial charge is 0.222 e. The van der Waals surface area contributed by atoms with Crippen molar-refractivity contribution in [2.45, 2.75) is 32.1 Å². The number of carbonyl (C=O) groups is 1. The van der Waals surface area contributed by atoms with Crippen LogP contribution in [0.3, 0.4) is 0 Å². The predicted octanol–water partition coefficient (Wildman–Crippen LogP) is 3.81. The number of benzene rings is 1. The van der Waals surface area contributed by atoms with Crippen LogP contribution in [0.25, 0.3) is 0 Å². The largest absolute Gasteiger partial charge is 0.368 e. The Labute approximate surface area is 143 Å². The highest BCUT2D eigenvalue weighted by Gasteiger charge is 2.40. The monoisotopic (exact) mass is 332 g/mol. The summed E-state index contributed by atoms with van der Waals surface area (Å²) in [6, 6.07) is 8.00. The van der Waals surface area contributed by atoms with E-state index in [9.17, 15) is 4.79 Å². The Morgan fingerprint density at radius 2 is 1.96 bits per heavy atom. The molecular weight excluding hydrogens is 308 g/mol. The van der Waals surface area contributed by atoms with Gasteiger partial charge in [0, 0.05) is 43.3 Å². The van der Waals surface area contributed by atoms with Gasteiger partial charge in [0.1, 0.15) is 0 Å². The quantitative estimate of drug-likeness (QED) is 0.840. The van der Waals surface area contributed by atoms with Crippen LogP contribution in [-0.4, -0.2) is 37.0 Å². The van der Waals surface area contributed by atoms with E-state index in [2.05, 4.69) is 15.9 Å². The van der Waals surface area contributed by atoms with E-state index in [4.69, 9.17) is 11.6 Å². The maximum atomic E-state index is 12.6. The summed E-state index contributed by atoms with van der Waals surface area (Å²) in [6.45, 7) is 3.49. The Morgan fingerprint density at radius 3 is 2.61 bits per heavy atom. The highest BCUT2D eigenvalue weighted by atomic mass is 35.5. The topological polar surface area (TPSA) is 23.6 Å². The van der Waals surface area contributed by atoms with Crippen LogP contribution in [0.1, 0.15) is 32.1 Å². The molecule has 1 saturated heterocycles. The van der Waals surface area contributed by atoms with Crippen LogP contribution in [0.15, 0.2) is 24.3 Å². The Hall–Kier alpha value is -1.22. The SMILES string of the molecule is O=C(C[C@H]1C[C@@H]2CC[C@@H]1C2)N1CCN(c2cccc(Cl)c2)CC1. The van der Waals surface area contributed by atoms with Gasteiger partial charge in [0.25, 0.3) is 0 Å². The molecular formula is C19H25ClN2O. The Balaban J connectivity index is 1.30. The number of carbonyl (C=O) groups excluding carboxylic acids is 1. The first kappa shape index (κ1) is 15.3. The highest BCUT2D eigenvalue weighted by molar-refractivity contribution is 6.30. The van der Waals surface area contributed by atoms with Gasteiger partial charge in [0.15, 0.2) is 0 Å². The third-order valence-electron chi connectivity index (χ3n) is 6.13. The fourth-order valence-electron chi connectivity index (χ4n) is 4.87. The fraction of sp³-hybridized carbons (Fsp3) is 0.632. The Bertz CT molecular complexity index is 582. The molecule has 3 aliphatic rings. The molecule has 23 heavy (non-hydrogen) atoms. The van der Waals surface area contributed by atoms with Crippen LogP contribution < -0.4 is 4.90 Å². The van der Waals surface area contributed by atoms with Gasteiger partial charge in [-0.3, -0.25) is 4.79 Å². The summed E-state index contributed by atoms with van der Waals surface area (Å²) in [6.07, 6.45) is 6.26. The second-order valence-electron chi connectivity index (χ2n) is 7.49. The Morgan fingerprint density at radius 1 is 1.13 bits per heavy atom. The van der Waals surface area contributed by atoms with Crippen molar-refractivity contribution in [2.24, 2.45) is 17.8 Å². The molecule has 2 bridgehead atoms. The van der Waals surface area contributed by atoms with Crippen molar-refractivity contribution >= 4 is 23.2 Å². The molecule has 0 N–H and O–H groups in total. The maximum absolute atomic E-state index is 12.6. The summed E-state index contributed by atoms with van der Waals surface area (Å²) < 4.78 is 0. The minimum atomic E-state index is 0.383. The molecule has 2 saturated carbocycles. The average molecular weight is 333 g/mol. The zero-order valence-corrected chi connectivity index (χ0v) is 14.3. The molecule has 1 aromatic rings. The molecule has 1 amide bonds. The normalized spacial score (nSPS) is 30.0. The lowest BCUT2D eigenvalue weighted by molar-refractivity contribution is -0.132. The number of anilines is 1. The average Bonchev–Trinajstić information content (AvgIpc) is 3.18. The summed E-state index contributed by atoms with van der Waals surface area (Å²) in [5, 5.41) is 0.775. The van der Waals surface area contributed by atoms with Crippen LogP contribution in [0.2, 0.25) is 5.02 Å². The molecule has 1 heterocycles. The van der Waals surface area contributed by atoms with Gasteiger partial charge in [-0.25, -0.2) is 0 Å². The lowest BCUT2D eigenvalue weighted by Crippen LogP contribution is -2.49. The number of halogens is 1. The van der Waals surface area contributed by atoms with E-state index in [1.807, 2.05) is 18.2 Å². The van der Waals surface area contributed by atoms with Gasteiger partial charge >= 0.3 is 0 Å². The molecule has 4 rings (SSSR count). The van der Waals surface area contributed by atoms with E-state index >= 15 is 0 Å². The number of hydrogen-bond acceptors (Lipinski definition) is 2. The maximum Gasteiger partial charge on any atom is 0.222 e. The standard InChI is InChI=1S/C19H25ClN2O/c20-17-2-1-3-18(13-17)21-6-8-22(9-7-21)19(23)12-16-11-14-4-5-15(16)10-14/h1-3,13-16H,4-12H2/t14-,15-,16-/m1/s1. The van der Waals surface area contributed by atoms with Crippen LogP contribution in [-0.2, 0) is 4.79 Å². The molecule has 0 radical (unpaired) electrons. The van der Waals surface area contributed by atoms with Crippen molar-refractivity contribution in [2.75, 3.05) is 31.1 Å². The van der Waals surface area contributed by atoms with Crippen molar-refractivity contribution in [3.05, 3.63) is 29.3 Å². The minimum Gasteiger partial charge on any atom is -0.368 e. The lowest BCUT2D eigenvalue weighted by atomic mass is 9.86. The van der Waals surface area contributed by atoms with Gasteiger partial charge in [-0.15, -0.1) is 0 Å². The first-order valence-electron chi connectivity index (χ1n) is 8.97. The molecule has 2 aliphatic carbocycles. The molecule has 3 atom stereocenters. The van der Waals surface area contributed by atoms with Gasteiger partial charge in [0.2, 0.25) is 5.91 Å². The van der Waals surface area contributed by atoms with Gasteiger partial charge in [-0.2, -0.15) is 0 Å². The molecule has 0 spiro atoms. The molecule has 0 aromatic heterocycles. The number of amides is 1. The van der Waals surface area contributed by atoms with Crippen LogP contribution in [0, 0.1) is 17.8 Å². The van der Waals surface area contributed by atoms with E-state index in [0.717, 1.165) is 55.1 Å². The van der Waals surface area contributed by atoms with Crippen molar-refractivity contribution in [3.63, 3.8) is 0 Å². The second kappa shape index (κ2) is 6.35. The van der Waals surface area contributed by atoms with Crippen molar-refractivity contribution in [1.29, 1.82) is 0 Å². The van der Waals surface area contributed by atoms with E-state index in [1.54, 1.807) is 0 Å². The molecule has 3 nitrogen and oxygen atoms in total. The molecule has 0 unspecified atom stereocenters. The first-order chi connectivity index (χ1) is 11.2. The summed E-state index contributed by atoms with van der Waals surface area (Å²) in [4.78, 5) is 17.0. The van der Waals surface area contributed by atoms with E-state index in [1.165, 1.54) is 25.7 Å². The number of piperazine rings is 1. The molecule has 1 aromatic carbocycles. The van der Waals surface area contributed by atoms with Crippen LogP contribution >= 0.6 is 11.6 Å². The minimum absolute atomic E-state index is 0.383. The number of rotatable bonds is 3. The van der Waals surface area contributed by atoms with Crippen LogP contribution in [0.4, 0.5) is 5.69 Å². The third-order valence-corrected chi connectivity index (χ3v) is 6.36. The summed E-state index contributed by atoms with van der Waals surface area (Å²) >= 11 is 6.08. The van der Waals surface area contributed by atoms with Crippen molar-refractivity contribution in [1.82, 2.24) is 4.90 Å². The van der Waals surface area contributed by atoms with Crippen molar-refractivity contribution < 1.29 is 4.79 Å². The number of nitrogens with zero attached hydrogens (tertiary/aromatic N) is 2. The van der Waals surface area contributed by atoms with Crippen LogP contribution in [0.5, 0.6) is 0 Å². The van der Waals surface area contributed by atoms with E-state index in [0.29, 0.717) is 11.8 Å². The van der Waals surface area contributed by atoms with Gasteiger partial charge in [0.05, 0.1) is 0 Å². The summed E-state index contributed by atoms with van der Waals surface area (Å²) in [7, 11) is 0. The van der Waals surface area contributed by atoms with E-state index < -0.39 is 0 Å². The summed E-state index contributed by atoms with van der Waals surface area (Å²) in [5.74, 6) is 2.83. The molecule has 4 heteroatoms. The zero-order chi connectivity index (χ0) is 15.8. The first-order valence-corrected chi connectivity index (χ1v) is 9.35. The van der Waals surface area contributed by atoms with Gasteiger partial charge < -0.3 is 9.80 Å². The van der Waals surface area contributed by atoms with Gasteiger partial charge in [-0.1, -0.05) is 24.1 Å². The second-order valence-corrected chi connectivity index (χ2v) is 7.92. The molecule has 1 aliphatic heterocycles. The summed E-state index contributed by atoms with van der Waals surface area (Å²) in [5.41, 5.74) is 1.16. The number of hydrogen-bond donors (Lipinski definition) is 0. The highest BCUT2D eigenvalue weighted by Crippen LogP contribution is 2.49.